The van der Waals surface area contributed by atoms with Crippen molar-refractivity contribution in [2.24, 2.45) is 0 Å². The second-order valence-electron chi connectivity index (χ2n) is 3.92. The van der Waals surface area contributed by atoms with E-state index in [0.717, 1.165) is 4.90 Å². The number of aliphatic carboxylic acids is 1. The van der Waals surface area contributed by atoms with Crippen LogP contribution in [0.4, 0.5) is 0 Å². The maximum absolute atomic E-state index is 12.0. The molecule has 2 N–H and O–H groups in total. The van der Waals surface area contributed by atoms with Crippen molar-refractivity contribution in [1.29, 1.82) is 0 Å². The zero-order chi connectivity index (χ0) is 12.4. The Bertz CT molecular complexity index is 434. The van der Waals surface area contributed by atoms with Gasteiger partial charge in [-0.25, -0.2) is 4.79 Å². The lowest BCUT2D eigenvalue weighted by Crippen LogP contribution is -2.40. The van der Waals surface area contributed by atoms with Crippen molar-refractivity contribution in [3.05, 3.63) is 30.1 Å². The topological polar surface area (TPSA) is 90.7 Å². The molecule has 2 heterocycles. The fourth-order valence-electron chi connectivity index (χ4n) is 1.91. The molecule has 1 aliphatic rings. The Balaban J connectivity index is 2.22. The fourth-order valence-corrected chi connectivity index (χ4v) is 1.91. The summed E-state index contributed by atoms with van der Waals surface area (Å²) in [5.41, 5.74) is 0.188. The number of aromatic nitrogens is 1. The number of rotatable bonds is 2. The van der Waals surface area contributed by atoms with Crippen LogP contribution in [0.5, 0.6) is 0 Å². The van der Waals surface area contributed by atoms with E-state index < -0.39 is 24.0 Å². The zero-order valence-electron chi connectivity index (χ0n) is 8.98. The number of amides is 1. The first-order chi connectivity index (χ1) is 8.09. The molecule has 1 aliphatic heterocycles. The number of nitrogens with zero attached hydrogens (tertiary/aromatic N) is 2. The lowest BCUT2D eigenvalue weighted by Gasteiger charge is -2.20. The van der Waals surface area contributed by atoms with Crippen molar-refractivity contribution in [3.63, 3.8) is 0 Å². The third-order valence-corrected chi connectivity index (χ3v) is 2.71. The normalized spacial score (nSPS) is 23.7. The van der Waals surface area contributed by atoms with Gasteiger partial charge in [0.1, 0.15) is 11.7 Å². The summed E-state index contributed by atoms with van der Waals surface area (Å²) in [6, 6.07) is 3.87. The van der Waals surface area contributed by atoms with Gasteiger partial charge in [0, 0.05) is 19.2 Å². The summed E-state index contributed by atoms with van der Waals surface area (Å²) < 4.78 is 0. The van der Waals surface area contributed by atoms with Crippen LogP contribution >= 0.6 is 0 Å². The van der Waals surface area contributed by atoms with Gasteiger partial charge in [-0.15, -0.1) is 0 Å². The van der Waals surface area contributed by atoms with Crippen LogP contribution in [-0.4, -0.2) is 50.7 Å². The van der Waals surface area contributed by atoms with E-state index in [4.69, 9.17) is 5.11 Å². The Kier molecular flexibility index (Phi) is 3.06. The smallest absolute Gasteiger partial charge is 0.326 e. The number of likely N-dealkylation sites (tertiary alicyclic amines) is 1. The third kappa shape index (κ3) is 2.26. The van der Waals surface area contributed by atoms with Crippen molar-refractivity contribution in [2.75, 3.05) is 6.54 Å². The van der Waals surface area contributed by atoms with Crippen molar-refractivity contribution in [2.45, 2.75) is 18.6 Å². The van der Waals surface area contributed by atoms with Crippen LogP contribution in [0.1, 0.15) is 16.9 Å². The first-order valence-electron chi connectivity index (χ1n) is 5.22. The molecule has 1 aromatic heterocycles. The molecule has 0 saturated carbocycles. The van der Waals surface area contributed by atoms with E-state index in [1.54, 1.807) is 12.1 Å². The largest absolute Gasteiger partial charge is 0.480 e. The van der Waals surface area contributed by atoms with E-state index in [0.29, 0.717) is 0 Å². The average Bonchev–Trinajstić information content (AvgIpc) is 2.72. The van der Waals surface area contributed by atoms with Crippen LogP contribution in [0.15, 0.2) is 24.4 Å². The number of carboxylic acids is 1. The monoisotopic (exact) mass is 236 g/mol. The molecule has 0 radical (unpaired) electrons. The molecule has 6 nitrogen and oxygen atoms in total. The fraction of sp³-hybridized carbons (Fsp3) is 0.364. The van der Waals surface area contributed by atoms with E-state index in [-0.39, 0.29) is 18.7 Å². The predicted octanol–water partition coefficient (Wildman–Crippen LogP) is -0.258. The van der Waals surface area contributed by atoms with Crippen molar-refractivity contribution in [3.8, 4) is 0 Å². The summed E-state index contributed by atoms with van der Waals surface area (Å²) in [5.74, 6) is -1.57. The van der Waals surface area contributed by atoms with Gasteiger partial charge in [-0.3, -0.25) is 9.78 Å². The number of aliphatic hydroxyl groups is 1. The Labute approximate surface area is 97.5 Å². The minimum atomic E-state index is -1.11. The Hall–Kier alpha value is -1.95. The van der Waals surface area contributed by atoms with Crippen LogP contribution in [0, 0.1) is 0 Å². The molecule has 0 aliphatic carbocycles. The number of β-amino-alcohol motifs (C(OH)–C–C–N with tert-alkyl or cyclic N) is 1. The predicted molar refractivity (Wildman–Crippen MR) is 57.3 cm³/mol. The summed E-state index contributed by atoms with van der Waals surface area (Å²) in [4.78, 5) is 28.0. The van der Waals surface area contributed by atoms with Crippen molar-refractivity contribution < 1.29 is 19.8 Å². The van der Waals surface area contributed by atoms with Gasteiger partial charge in [0.05, 0.1) is 6.10 Å². The zero-order valence-corrected chi connectivity index (χ0v) is 8.98. The van der Waals surface area contributed by atoms with Gasteiger partial charge in [-0.2, -0.15) is 0 Å². The van der Waals surface area contributed by atoms with Gasteiger partial charge in [-0.05, 0) is 12.1 Å². The van der Waals surface area contributed by atoms with Gasteiger partial charge in [0.15, 0.2) is 0 Å². The molecule has 2 rings (SSSR count). The summed E-state index contributed by atoms with van der Waals surface area (Å²) in [5, 5.41) is 18.4. The summed E-state index contributed by atoms with van der Waals surface area (Å²) in [7, 11) is 0. The molecule has 0 bridgehead atoms. The van der Waals surface area contributed by atoms with Gasteiger partial charge in [0.25, 0.3) is 5.91 Å². The molecule has 17 heavy (non-hydrogen) atoms. The minimum absolute atomic E-state index is 0.0341. The van der Waals surface area contributed by atoms with Crippen LogP contribution in [0.25, 0.3) is 0 Å². The summed E-state index contributed by atoms with van der Waals surface area (Å²) in [6.45, 7) is 0.0341. The van der Waals surface area contributed by atoms with E-state index in [1.807, 2.05) is 0 Å². The summed E-state index contributed by atoms with van der Waals surface area (Å²) in [6.07, 6.45) is 0.743. The van der Waals surface area contributed by atoms with Crippen LogP contribution in [0.2, 0.25) is 0 Å². The minimum Gasteiger partial charge on any atom is -0.480 e. The highest BCUT2D eigenvalue weighted by Crippen LogP contribution is 2.20. The second kappa shape index (κ2) is 4.50. The molecule has 2 atom stereocenters. The van der Waals surface area contributed by atoms with Gasteiger partial charge >= 0.3 is 5.97 Å². The number of hydrogen-bond acceptors (Lipinski definition) is 4. The maximum atomic E-state index is 12.0. The number of hydrogen-bond donors (Lipinski definition) is 2. The van der Waals surface area contributed by atoms with Gasteiger partial charge in [-0.1, -0.05) is 6.07 Å². The number of aliphatic hydroxyl groups excluding tert-OH is 1. The number of pyridine rings is 1. The maximum Gasteiger partial charge on any atom is 0.326 e. The lowest BCUT2D eigenvalue weighted by molar-refractivity contribution is -0.141. The van der Waals surface area contributed by atoms with E-state index >= 15 is 0 Å². The molecule has 2 unspecified atom stereocenters. The molecular formula is C11H12N2O4. The Morgan fingerprint density at radius 3 is 2.76 bits per heavy atom. The second-order valence-corrected chi connectivity index (χ2v) is 3.92. The molecule has 0 spiro atoms. The van der Waals surface area contributed by atoms with Crippen molar-refractivity contribution >= 4 is 11.9 Å². The molecule has 6 heteroatoms. The van der Waals surface area contributed by atoms with Crippen molar-refractivity contribution in [1.82, 2.24) is 9.88 Å². The van der Waals surface area contributed by atoms with Crippen LogP contribution in [-0.2, 0) is 4.79 Å². The Morgan fingerprint density at radius 1 is 1.41 bits per heavy atom. The summed E-state index contributed by atoms with van der Waals surface area (Å²) >= 11 is 0. The quantitative estimate of drug-likeness (QED) is 0.738. The molecule has 1 saturated heterocycles. The highest BCUT2D eigenvalue weighted by molar-refractivity contribution is 5.95. The highest BCUT2D eigenvalue weighted by Gasteiger charge is 2.39. The van der Waals surface area contributed by atoms with E-state index in [1.165, 1.54) is 12.3 Å². The van der Waals surface area contributed by atoms with Gasteiger partial charge < -0.3 is 15.1 Å². The van der Waals surface area contributed by atoms with E-state index in [2.05, 4.69) is 4.98 Å². The molecule has 0 aromatic carbocycles. The molecule has 1 fully saturated rings. The molecular weight excluding hydrogens is 224 g/mol. The molecule has 90 valence electrons. The Morgan fingerprint density at radius 2 is 2.18 bits per heavy atom. The average molecular weight is 236 g/mol. The lowest BCUT2D eigenvalue weighted by atomic mass is 10.2. The molecule has 1 amide bonds. The van der Waals surface area contributed by atoms with Crippen LogP contribution in [0.3, 0.4) is 0 Å². The number of carbonyl (C=O) groups excluding carboxylic acids is 1. The third-order valence-electron chi connectivity index (χ3n) is 2.71. The molecule has 1 aromatic rings. The SMILES string of the molecule is O=C(O)C1CC(O)CN1C(=O)c1ccccn1. The van der Waals surface area contributed by atoms with Gasteiger partial charge in [0.2, 0.25) is 0 Å². The first kappa shape index (κ1) is 11.5. The number of carbonyl (C=O) groups is 2. The standard InChI is InChI=1S/C11H12N2O4/c14-7-5-9(11(16)17)13(6-7)10(15)8-3-1-2-4-12-8/h1-4,7,9,14H,5-6H2,(H,16,17). The first-order valence-corrected chi connectivity index (χ1v) is 5.22. The highest BCUT2D eigenvalue weighted by atomic mass is 16.4. The number of carboxylic acid groups (broad SMARTS) is 1. The van der Waals surface area contributed by atoms with E-state index in [9.17, 15) is 14.7 Å². The van der Waals surface area contributed by atoms with Crippen LogP contribution < -0.4 is 0 Å².